The van der Waals surface area contributed by atoms with Crippen LogP contribution in [0.4, 0.5) is 0 Å². The summed E-state index contributed by atoms with van der Waals surface area (Å²) in [6.07, 6.45) is 13.2. The maximum absolute atomic E-state index is 6.38. The van der Waals surface area contributed by atoms with Crippen molar-refractivity contribution in [3.63, 3.8) is 0 Å². The van der Waals surface area contributed by atoms with Gasteiger partial charge in [-0.15, -0.1) is 0 Å². The van der Waals surface area contributed by atoms with Crippen LogP contribution in [0, 0.1) is 0 Å². The third-order valence-corrected chi connectivity index (χ3v) is 5.86. The van der Waals surface area contributed by atoms with Crippen LogP contribution in [0.2, 0.25) is 5.02 Å². The molecule has 0 bridgehead atoms. The number of likely N-dealkylation sites (tertiary alicyclic amines) is 1. The van der Waals surface area contributed by atoms with Gasteiger partial charge in [-0.2, -0.15) is 0 Å². The first-order chi connectivity index (χ1) is 11.8. The van der Waals surface area contributed by atoms with Crippen LogP contribution in [0.15, 0.2) is 30.6 Å². The third-order valence-electron chi connectivity index (χ3n) is 5.55. The van der Waals surface area contributed by atoms with E-state index in [1.165, 1.54) is 45.2 Å². The Hall–Kier alpha value is -1.32. The van der Waals surface area contributed by atoms with Gasteiger partial charge in [0.25, 0.3) is 0 Å². The highest BCUT2D eigenvalue weighted by Crippen LogP contribution is 2.31. The van der Waals surface area contributed by atoms with Crippen molar-refractivity contribution in [2.75, 3.05) is 13.1 Å². The molecule has 2 aromatic rings. The molecule has 0 unspecified atom stereocenters. The van der Waals surface area contributed by atoms with E-state index in [9.17, 15) is 0 Å². The first kappa shape index (κ1) is 16.2. The van der Waals surface area contributed by atoms with E-state index in [1.807, 2.05) is 18.3 Å². The van der Waals surface area contributed by atoms with Gasteiger partial charge in [0.2, 0.25) is 0 Å². The van der Waals surface area contributed by atoms with E-state index in [0.717, 1.165) is 40.4 Å². The van der Waals surface area contributed by atoms with Crippen LogP contribution in [-0.2, 0) is 0 Å². The Balaban J connectivity index is 1.38. The molecule has 2 aliphatic rings. The number of piperidine rings is 1. The van der Waals surface area contributed by atoms with Crippen LogP contribution in [0.5, 0.6) is 5.75 Å². The minimum Gasteiger partial charge on any atom is -0.490 e. The molecule has 1 aromatic carbocycles. The van der Waals surface area contributed by atoms with Crippen LogP contribution < -0.4 is 4.74 Å². The second-order valence-electron chi connectivity index (χ2n) is 7.15. The van der Waals surface area contributed by atoms with Gasteiger partial charge in [0.05, 0.1) is 5.02 Å². The van der Waals surface area contributed by atoms with E-state index < -0.39 is 0 Å². The number of benzene rings is 1. The molecule has 1 aliphatic carbocycles. The topological polar surface area (TPSA) is 25.4 Å². The Kier molecular flexibility index (Phi) is 4.91. The lowest BCUT2D eigenvalue weighted by Crippen LogP contribution is -2.44. The first-order valence-electron chi connectivity index (χ1n) is 9.23. The summed E-state index contributed by atoms with van der Waals surface area (Å²) >= 11 is 6.38. The molecule has 1 saturated heterocycles. The van der Waals surface area contributed by atoms with Crippen molar-refractivity contribution in [3.05, 3.63) is 35.6 Å². The van der Waals surface area contributed by atoms with Gasteiger partial charge in [0.1, 0.15) is 11.9 Å². The molecule has 1 aliphatic heterocycles. The Bertz CT molecular complexity index is 691. The van der Waals surface area contributed by atoms with Crippen LogP contribution in [-0.4, -0.2) is 35.1 Å². The second-order valence-corrected chi connectivity index (χ2v) is 7.55. The molecule has 0 atom stereocenters. The zero-order valence-corrected chi connectivity index (χ0v) is 14.8. The molecule has 3 nitrogen and oxygen atoms in total. The molecule has 0 amide bonds. The van der Waals surface area contributed by atoms with Gasteiger partial charge in [0, 0.05) is 36.9 Å². The van der Waals surface area contributed by atoms with Crippen LogP contribution in [0.3, 0.4) is 0 Å². The number of rotatable bonds is 3. The summed E-state index contributed by atoms with van der Waals surface area (Å²) in [5.41, 5.74) is 0. The summed E-state index contributed by atoms with van der Waals surface area (Å²) in [5, 5.41) is 2.79. The largest absolute Gasteiger partial charge is 0.490 e. The summed E-state index contributed by atoms with van der Waals surface area (Å²) in [6, 6.07) is 6.82. The van der Waals surface area contributed by atoms with Crippen molar-refractivity contribution in [1.82, 2.24) is 9.88 Å². The van der Waals surface area contributed by atoms with E-state index in [4.69, 9.17) is 16.3 Å². The minimum atomic E-state index is 0.306. The van der Waals surface area contributed by atoms with Gasteiger partial charge < -0.3 is 9.64 Å². The smallest absolute Gasteiger partial charge is 0.121 e. The molecular weight excluding hydrogens is 320 g/mol. The molecule has 0 spiro atoms. The van der Waals surface area contributed by atoms with Crippen molar-refractivity contribution in [2.24, 2.45) is 0 Å². The van der Waals surface area contributed by atoms with E-state index in [2.05, 4.69) is 16.0 Å². The summed E-state index contributed by atoms with van der Waals surface area (Å²) in [6.45, 7) is 2.33. The number of hydrogen-bond donors (Lipinski definition) is 0. The summed E-state index contributed by atoms with van der Waals surface area (Å²) in [7, 11) is 0. The number of aromatic nitrogens is 1. The molecule has 2 fully saturated rings. The average Bonchev–Trinajstić information content (AvgIpc) is 2.63. The molecule has 4 heteroatoms. The lowest BCUT2D eigenvalue weighted by Gasteiger charge is -2.39. The molecule has 24 heavy (non-hydrogen) atoms. The number of nitrogens with zero attached hydrogens (tertiary/aromatic N) is 2. The van der Waals surface area contributed by atoms with Gasteiger partial charge in [-0.1, -0.05) is 30.9 Å². The predicted octanol–water partition coefficient (Wildman–Crippen LogP) is 5.06. The summed E-state index contributed by atoms with van der Waals surface area (Å²) in [4.78, 5) is 6.83. The summed E-state index contributed by atoms with van der Waals surface area (Å²) < 4.78 is 6.25. The third kappa shape index (κ3) is 3.52. The molecule has 2 heterocycles. The van der Waals surface area contributed by atoms with E-state index in [-0.39, 0.29) is 0 Å². The fourth-order valence-electron chi connectivity index (χ4n) is 4.19. The average molecular weight is 345 g/mol. The quantitative estimate of drug-likeness (QED) is 0.777. The number of ether oxygens (including phenoxy) is 1. The van der Waals surface area contributed by atoms with Crippen molar-refractivity contribution in [2.45, 2.75) is 57.1 Å². The normalized spacial score (nSPS) is 21.2. The minimum absolute atomic E-state index is 0.306. The standard InChI is InChI=1S/C20H25ClN2O/c21-20-13-18(12-15-6-9-22-14-19(15)20)24-17-7-10-23(11-8-17)16-4-2-1-3-5-16/h6,9,12-14,16-17H,1-5,7-8,10-11H2. The van der Waals surface area contributed by atoms with Crippen LogP contribution >= 0.6 is 11.6 Å². The Morgan fingerprint density at radius 1 is 1.04 bits per heavy atom. The van der Waals surface area contributed by atoms with E-state index >= 15 is 0 Å². The van der Waals surface area contributed by atoms with Crippen LogP contribution in [0.25, 0.3) is 10.8 Å². The lowest BCUT2D eigenvalue weighted by molar-refractivity contribution is 0.0631. The van der Waals surface area contributed by atoms with Crippen molar-refractivity contribution >= 4 is 22.4 Å². The van der Waals surface area contributed by atoms with Crippen molar-refractivity contribution < 1.29 is 4.74 Å². The lowest BCUT2D eigenvalue weighted by atomic mass is 9.92. The van der Waals surface area contributed by atoms with E-state index in [0.29, 0.717) is 6.10 Å². The molecule has 0 radical (unpaired) electrons. The Labute approximate surface area is 149 Å². The second kappa shape index (κ2) is 7.28. The van der Waals surface area contributed by atoms with Crippen molar-refractivity contribution in [3.8, 4) is 5.75 Å². The molecule has 128 valence electrons. The first-order valence-corrected chi connectivity index (χ1v) is 9.61. The van der Waals surface area contributed by atoms with E-state index in [1.54, 1.807) is 6.20 Å². The zero-order valence-electron chi connectivity index (χ0n) is 14.1. The fraction of sp³-hybridized carbons (Fsp3) is 0.550. The monoisotopic (exact) mass is 344 g/mol. The highest BCUT2D eigenvalue weighted by atomic mass is 35.5. The number of hydrogen-bond acceptors (Lipinski definition) is 3. The van der Waals surface area contributed by atoms with Gasteiger partial charge in [0.15, 0.2) is 0 Å². The molecular formula is C20H25ClN2O. The number of halogens is 1. The molecule has 1 saturated carbocycles. The zero-order chi connectivity index (χ0) is 16.4. The maximum Gasteiger partial charge on any atom is 0.121 e. The summed E-state index contributed by atoms with van der Waals surface area (Å²) in [5.74, 6) is 0.884. The van der Waals surface area contributed by atoms with Gasteiger partial charge in [-0.05, 0) is 49.3 Å². The highest BCUT2D eigenvalue weighted by Gasteiger charge is 2.27. The number of pyridine rings is 1. The van der Waals surface area contributed by atoms with Gasteiger partial charge in [-0.3, -0.25) is 4.98 Å². The van der Waals surface area contributed by atoms with Crippen LogP contribution in [0.1, 0.15) is 44.9 Å². The van der Waals surface area contributed by atoms with Gasteiger partial charge >= 0.3 is 0 Å². The maximum atomic E-state index is 6.38. The highest BCUT2D eigenvalue weighted by molar-refractivity contribution is 6.35. The predicted molar refractivity (Wildman–Crippen MR) is 98.8 cm³/mol. The Morgan fingerprint density at radius 3 is 2.62 bits per heavy atom. The molecule has 4 rings (SSSR count). The fourth-order valence-corrected chi connectivity index (χ4v) is 4.46. The molecule has 1 aromatic heterocycles. The molecule has 0 N–H and O–H groups in total. The number of fused-ring (bicyclic) bond motifs is 1. The van der Waals surface area contributed by atoms with Gasteiger partial charge in [-0.25, -0.2) is 0 Å². The Morgan fingerprint density at radius 2 is 1.83 bits per heavy atom. The SMILES string of the molecule is Clc1cc(OC2CCN(C3CCCCC3)CC2)cc2ccncc12. The van der Waals surface area contributed by atoms with Crippen molar-refractivity contribution in [1.29, 1.82) is 0 Å².